The fourth-order valence-corrected chi connectivity index (χ4v) is 5.13. The van der Waals surface area contributed by atoms with Crippen LogP contribution in [0.15, 0.2) is 18.2 Å². The van der Waals surface area contributed by atoms with Gasteiger partial charge in [-0.05, 0) is 69.9 Å². The number of fused-ring (bicyclic) bond motifs is 1. The average Bonchev–Trinajstić information content (AvgIpc) is 3.00. The maximum Gasteiger partial charge on any atom is 0.0970 e. The van der Waals surface area contributed by atoms with Gasteiger partial charge in [0.1, 0.15) is 0 Å². The predicted molar refractivity (Wildman–Crippen MR) is 98.2 cm³/mol. The van der Waals surface area contributed by atoms with Crippen LogP contribution in [0.3, 0.4) is 0 Å². The van der Waals surface area contributed by atoms with Crippen LogP contribution in [-0.2, 0) is 0 Å². The van der Waals surface area contributed by atoms with E-state index in [-0.39, 0.29) is 0 Å². The van der Waals surface area contributed by atoms with Crippen LogP contribution in [0.2, 0.25) is 0 Å². The lowest BCUT2D eigenvalue weighted by molar-refractivity contribution is 0.255. The Bertz CT molecular complexity index is 664. The molecule has 1 aromatic heterocycles. The van der Waals surface area contributed by atoms with Gasteiger partial charge in [0.05, 0.1) is 15.2 Å². The fourth-order valence-electron chi connectivity index (χ4n) is 3.96. The molecule has 0 aliphatic carbocycles. The summed E-state index contributed by atoms with van der Waals surface area (Å²) in [6, 6.07) is 7.24. The van der Waals surface area contributed by atoms with Crippen LogP contribution in [0.1, 0.15) is 55.1 Å². The monoisotopic (exact) mass is 329 g/mol. The Labute approximate surface area is 143 Å². The first-order chi connectivity index (χ1) is 11.2. The van der Waals surface area contributed by atoms with Crippen molar-refractivity contribution in [3.8, 4) is 0 Å². The van der Waals surface area contributed by atoms with Crippen molar-refractivity contribution in [1.29, 1.82) is 0 Å². The van der Waals surface area contributed by atoms with Crippen LogP contribution in [-0.4, -0.2) is 36.6 Å². The third kappa shape index (κ3) is 3.17. The molecule has 0 amide bonds. The lowest BCUT2D eigenvalue weighted by atomic mass is 9.91. The molecule has 4 heteroatoms. The van der Waals surface area contributed by atoms with Crippen molar-refractivity contribution in [1.82, 2.24) is 15.2 Å². The predicted octanol–water partition coefficient (Wildman–Crippen LogP) is 4.17. The number of nitrogens with zero attached hydrogens (tertiary/aromatic N) is 2. The van der Waals surface area contributed by atoms with Crippen LogP contribution < -0.4 is 5.32 Å². The van der Waals surface area contributed by atoms with Crippen molar-refractivity contribution in [2.24, 2.45) is 5.92 Å². The quantitative estimate of drug-likeness (QED) is 0.896. The van der Waals surface area contributed by atoms with Gasteiger partial charge in [0.15, 0.2) is 0 Å². The number of nitrogens with one attached hydrogen (secondary N) is 1. The minimum Gasteiger partial charge on any atom is -0.310 e. The first-order valence-electron chi connectivity index (χ1n) is 9.02. The van der Waals surface area contributed by atoms with E-state index in [0.29, 0.717) is 12.0 Å². The van der Waals surface area contributed by atoms with Crippen LogP contribution >= 0.6 is 11.3 Å². The zero-order chi connectivity index (χ0) is 15.8. The van der Waals surface area contributed by atoms with Gasteiger partial charge in [0, 0.05) is 12.0 Å². The van der Waals surface area contributed by atoms with Gasteiger partial charge in [-0.1, -0.05) is 19.1 Å². The van der Waals surface area contributed by atoms with Crippen molar-refractivity contribution in [3.05, 3.63) is 28.8 Å². The Kier molecular flexibility index (Phi) is 4.39. The molecule has 0 bridgehead atoms. The number of para-hydroxylation sites is 1. The largest absolute Gasteiger partial charge is 0.310 e. The molecule has 2 saturated heterocycles. The van der Waals surface area contributed by atoms with Crippen LogP contribution in [0.4, 0.5) is 0 Å². The maximum absolute atomic E-state index is 5.12. The highest BCUT2D eigenvalue weighted by Crippen LogP contribution is 2.37. The second-order valence-corrected chi connectivity index (χ2v) is 8.53. The molecule has 0 radical (unpaired) electrons. The van der Waals surface area contributed by atoms with E-state index in [1.807, 2.05) is 11.3 Å². The molecule has 2 aliphatic heterocycles. The first-order valence-corrected chi connectivity index (χ1v) is 9.83. The van der Waals surface area contributed by atoms with Crippen LogP contribution in [0, 0.1) is 5.92 Å². The zero-order valence-corrected chi connectivity index (χ0v) is 15.0. The van der Waals surface area contributed by atoms with Gasteiger partial charge in [-0.15, -0.1) is 11.3 Å². The summed E-state index contributed by atoms with van der Waals surface area (Å²) < 4.78 is 1.37. The fraction of sp³-hybridized carbons (Fsp3) is 0.632. The Morgan fingerprint density at radius 1 is 1.17 bits per heavy atom. The molecule has 4 rings (SSSR count). The van der Waals surface area contributed by atoms with Crippen molar-refractivity contribution >= 4 is 21.6 Å². The van der Waals surface area contributed by atoms with E-state index in [9.17, 15) is 0 Å². The Morgan fingerprint density at radius 2 is 2.00 bits per heavy atom. The van der Waals surface area contributed by atoms with E-state index in [1.54, 1.807) is 0 Å². The van der Waals surface area contributed by atoms with Gasteiger partial charge in [-0.2, -0.15) is 0 Å². The number of hydrogen-bond donors (Lipinski definition) is 1. The van der Waals surface area contributed by atoms with Crippen LogP contribution in [0.25, 0.3) is 10.2 Å². The summed E-state index contributed by atoms with van der Waals surface area (Å²) in [6.45, 7) is 5.88. The van der Waals surface area contributed by atoms with Gasteiger partial charge in [-0.3, -0.25) is 0 Å². The molecule has 0 saturated carbocycles. The van der Waals surface area contributed by atoms with Crippen molar-refractivity contribution in [2.45, 2.75) is 44.6 Å². The molecule has 3 heterocycles. The van der Waals surface area contributed by atoms with Gasteiger partial charge in [0.25, 0.3) is 0 Å². The van der Waals surface area contributed by atoms with E-state index in [0.717, 1.165) is 12.5 Å². The normalized spacial score (nSPS) is 27.6. The highest BCUT2D eigenvalue weighted by atomic mass is 32.1. The molecule has 2 fully saturated rings. The van der Waals surface area contributed by atoms with Gasteiger partial charge < -0.3 is 10.2 Å². The van der Waals surface area contributed by atoms with Crippen molar-refractivity contribution in [3.63, 3.8) is 0 Å². The first kappa shape index (κ1) is 15.6. The van der Waals surface area contributed by atoms with Gasteiger partial charge in [0.2, 0.25) is 0 Å². The van der Waals surface area contributed by atoms with E-state index in [2.05, 4.69) is 42.4 Å². The third-order valence-electron chi connectivity index (χ3n) is 5.57. The lowest BCUT2D eigenvalue weighted by Gasteiger charge is -2.28. The molecule has 3 nitrogen and oxygen atoms in total. The zero-order valence-electron chi connectivity index (χ0n) is 14.2. The molecule has 2 atom stereocenters. The maximum atomic E-state index is 5.12. The smallest absolute Gasteiger partial charge is 0.0970 e. The molecular formula is C19H27N3S. The molecule has 1 N–H and O–H groups in total. The topological polar surface area (TPSA) is 28.2 Å². The summed E-state index contributed by atoms with van der Waals surface area (Å²) in [6.07, 6.45) is 5.07. The van der Waals surface area contributed by atoms with Gasteiger partial charge in [-0.25, -0.2) is 4.98 Å². The standard InChI is InChI=1S/C19H27N3S/c1-13-6-7-16(20-12-13)15-4-3-5-17-18(15)21-19(23-17)14-8-10-22(2)11-9-14/h3-5,13-14,16,20H,6-12H2,1-2H3. The second kappa shape index (κ2) is 6.50. The number of likely N-dealkylation sites (tertiary alicyclic amines) is 1. The summed E-state index contributed by atoms with van der Waals surface area (Å²) in [5.74, 6) is 1.46. The highest BCUT2D eigenvalue weighted by Gasteiger charge is 2.25. The summed E-state index contributed by atoms with van der Waals surface area (Å²) in [5, 5.41) is 5.10. The molecule has 2 unspecified atom stereocenters. The SMILES string of the molecule is CC1CCC(c2cccc3sc(C4CCN(C)CC4)nc23)NC1. The number of hydrogen-bond acceptors (Lipinski definition) is 4. The number of thiazole rings is 1. The summed E-state index contributed by atoms with van der Waals surface area (Å²) in [4.78, 5) is 7.55. The van der Waals surface area contributed by atoms with Crippen LogP contribution in [0.5, 0.6) is 0 Å². The summed E-state index contributed by atoms with van der Waals surface area (Å²) >= 11 is 1.93. The van der Waals surface area contributed by atoms with E-state index >= 15 is 0 Å². The van der Waals surface area contributed by atoms with Gasteiger partial charge >= 0.3 is 0 Å². The second-order valence-electron chi connectivity index (χ2n) is 7.47. The number of benzene rings is 1. The van der Waals surface area contributed by atoms with E-state index in [1.165, 1.54) is 59.6 Å². The Hall–Kier alpha value is -0.970. The minimum atomic E-state index is 0.488. The number of piperidine rings is 2. The molecular weight excluding hydrogens is 302 g/mol. The number of rotatable bonds is 2. The summed E-state index contributed by atoms with van der Waals surface area (Å²) in [7, 11) is 2.22. The van der Waals surface area contributed by atoms with E-state index < -0.39 is 0 Å². The number of aromatic nitrogens is 1. The molecule has 2 aliphatic rings. The molecule has 2 aromatic rings. The molecule has 124 valence electrons. The molecule has 1 aromatic carbocycles. The van der Waals surface area contributed by atoms with Crippen molar-refractivity contribution in [2.75, 3.05) is 26.7 Å². The lowest BCUT2D eigenvalue weighted by Crippen LogP contribution is -2.32. The molecule has 23 heavy (non-hydrogen) atoms. The molecule has 0 spiro atoms. The minimum absolute atomic E-state index is 0.488. The highest BCUT2D eigenvalue weighted by molar-refractivity contribution is 7.18. The third-order valence-corrected chi connectivity index (χ3v) is 6.75. The summed E-state index contributed by atoms with van der Waals surface area (Å²) in [5.41, 5.74) is 2.68. The van der Waals surface area contributed by atoms with Crippen molar-refractivity contribution < 1.29 is 0 Å². The Morgan fingerprint density at radius 3 is 2.74 bits per heavy atom. The Balaban J connectivity index is 1.62. The average molecular weight is 330 g/mol. The van der Waals surface area contributed by atoms with E-state index in [4.69, 9.17) is 4.98 Å².